The number of anilines is 1. The molecule has 1 aromatic carbocycles. The fourth-order valence-electron chi connectivity index (χ4n) is 2.92. The lowest BCUT2D eigenvalue weighted by Gasteiger charge is -2.46. The molecule has 0 spiro atoms. The molecular formula is C15H19NO4. The molecule has 0 aromatic heterocycles. The van der Waals surface area contributed by atoms with Gasteiger partial charge < -0.3 is 15.1 Å². The number of nitrogens with zero attached hydrogens (tertiary/aromatic N) is 1. The fraction of sp³-hybridized carbons (Fsp3) is 0.467. The Bertz CT molecular complexity index is 569. The van der Waals surface area contributed by atoms with E-state index in [1.807, 2.05) is 13.8 Å². The molecule has 1 aliphatic heterocycles. The van der Waals surface area contributed by atoms with Crippen LogP contribution in [-0.2, 0) is 4.79 Å². The molecule has 0 unspecified atom stereocenters. The Hall–Kier alpha value is -1.88. The van der Waals surface area contributed by atoms with Crippen molar-refractivity contribution in [1.29, 1.82) is 0 Å². The smallest absolute Gasteiger partial charge is 0.335 e. The molecule has 1 heterocycles. The third-order valence-electron chi connectivity index (χ3n) is 4.12. The van der Waals surface area contributed by atoms with Crippen LogP contribution in [0.4, 0.5) is 5.69 Å². The minimum atomic E-state index is -1.04. The maximum atomic E-state index is 12.0. The number of hydrogen-bond acceptors (Lipinski definition) is 3. The van der Waals surface area contributed by atoms with Gasteiger partial charge >= 0.3 is 5.97 Å². The van der Waals surface area contributed by atoms with E-state index in [9.17, 15) is 14.7 Å². The molecule has 5 heteroatoms. The Morgan fingerprint density at radius 1 is 1.45 bits per heavy atom. The Balaban J connectivity index is 2.62. The topological polar surface area (TPSA) is 77.8 Å². The average Bonchev–Trinajstić information content (AvgIpc) is 2.37. The summed E-state index contributed by atoms with van der Waals surface area (Å²) in [6.45, 7) is 5.39. The number of rotatable bonds is 2. The van der Waals surface area contributed by atoms with Crippen LogP contribution >= 0.6 is 0 Å². The van der Waals surface area contributed by atoms with Gasteiger partial charge in [0.05, 0.1) is 17.4 Å². The summed E-state index contributed by atoms with van der Waals surface area (Å²) in [5.41, 5.74) is 0.770. The molecule has 0 bridgehead atoms. The first-order chi connectivity index (χ1) is 9.30. The van der Waals surface area contributed by atoms with Crippen LogP contribution in [-0.4, -0.2) is 27.6 Å². The molecule has 2 atom stereocenters. The zero-order valence-electron chi connectivity index (χ0n) is 11.9. The number of carbonyl (C=O) groups is 2. The monoisotopic (exact) mass is 277 g/mol. The second kappa shape index (κ2) is 4.90. The number of amides is 1. The molecule has 1 amide bonds. The van der Waals surface area contributed by atoms with Crippen LogP contribution in [0.3, 0.4) is 0 Å². The van der Waals surface area contributed by atoms with E-state index in [1.165, 1.54) is 19.1 Å². The Labute approximate surface area is 117 Å². The number of benzene rings is 1. The summed E-state index contributed by atoms with van der Waals surface area (Å²) in [7, 11) is 0. The van der Waals surface area contributed by atoms with Gasteiger partial charge in [-0.05, 0) is 31.5 Å². The first-order valence-electron chi connectivity index (χ1n) is 6.66. The van der Waals surface area contributed by atoms with Gasteiger partial charge in [-0.15, -0.1) is 0 Å². The molecule has 0 radical (unpaired) electrons. The number of carboxylic acid groups (broad SMARTS) is 1. The molecule has 2 rings (SSSR count). The van der Waals surface area contributed by atoms with Gasteiger partial charge in [0.15, 0.2) is 0 Å². The zero-order valence-corrected chi connectivity index (χ0v) is 11.9. The van der Waals surface area contributed by atoms with Crippen LogP contribution in [0.1, 0.15) is 55.6 Å². The van der Waals surface area contributed by atoms with Gasteiger partial charge in [-0.2, -0.15) is 0 Å². The third kappa shape index (κ3) is 2.18. The molecule has 2 N–H and O–H groups in total. The van der Waals surface area contributed by atoms with Crippen LogP contribution in [0, 0.1) is 0 Å². The van der Waals surface area contributed by atoms with Crippen molar-refractivity contribution in [1.82, 2.24) is 0 Å². The standard InChI is InChI=1S/C15H19NO4/c1-4-15(3)8-13(18)11-7-10(14(19)20)5-6-12(11)16(15)9(2)17/h5-7,13,18H,4,8H2,1-3H3,(H,19,20)/t13-,15+/m1/s1. The number of hydrogen-bond donors (Lipinski definition) is 2. The lowest BCUT2D eigenvalue weighted by atomic mass is 9.81. The number of carboxylic acids is 1. The quantitative estimate of drug-likeness (QED) is 0.869. The Kier molecular flexibility index (Phi) is 3.56. The minimum Gasteiger partial charge on any atom is -0.478 e. The first kappa shape index (κ1) is 14.5. The molecule has 0 saturated carbocycles. The van der Waals surface area contributed by atoms with Crippen LogP contribution in [0.5, 0.6) is 0 Å². The second-order valence-electron chi connectivity index (χ2n) is 5.50. The van der Waals surface area contributed by atoms with Gasteiger partial charge in [-0.1, -0.05) is 6.92 Å². The fourth-order valence-corrected chi connectivity index (χ4v) is 2.92. The van der Waals surface area contributed by atoms with Crippen molar-refractivity contribution in [3.63, 3.8) is 0 Å². The van der Waals surface area contributed by atoms with Crippen molar-refractivity contribution >= 4 is 17.6 Å². The van der Waals surface area contributed by atoms with Crippen molar-refractivity contribution in [2.24, 2.45) is 0 Å². The number of carbonyl (C=O) groups excluding carboxylic acids is 1. The molecule has 1 aromatic rings. The maximum absolute atomic E-state index is 12.0. The lowest BCUT2D eigenvalue weighted by Crippen LogP contribution is -2.52. The highest BCUT2D eigenvalue weighted by Gasteiger charge is 2.41. The largest absolute Gasteiger partial charge is 0.478 e. The van der Waals surface area contributed by atoms with Crippen molar-refractivity contribution in [2.45, 2.75) is 45.3 Å². The van der Waals surface area contributed by atoms with E-state index in [0.29, 0.717) is 24.1 Å². The van der Waals surface area contributed by atoms with Crippen LogP contribution in [0.2, 0.25) is 0 Å². The summed E-state index contributed by atoms with van der Waals surface area (Å²) in [5.74, 6) is -1.15. The van der Waals surface area contributed by atoms with Crippen molar-refractivity contribution < 1.29 is 19.8 Å². The second-order valence-corrected chi connectivity index (χ2v) is 5.50. The summed E-state index contributed by atoms with van der Waals surface area (Å²) < 4.78 is 0. The molecule has 0 saturated heterocycles. The van der Waals surface area contributed by atoms with Gasteiger partial charge in [0.25, 0.3) is 0 Å². The predicted octanol–water partition coefficient (Wildman–Crippen LogP) is 2.34. The van der Waals surface area contributed by atoms with E-state index >= 15 is 0 Å². The first-order valence-corrected chi connectivity index (χ1v) is 6.66. The van der Waals surface area contributed by atoms with E-state index in [-0.39, 0.29) is 11.5 Å². The minimum absolute atomic E-state index is 0.106. The molecule has 5 nitrogen and oxygen atoms in total. The van der Waals surface area contributed by atoms with E-state index < -0.39 is 17.6 Å². The van der Waals surface area contributed by atoms with E-state index in [1.54, 1.807) is 11.0 Å². The predicted molar refractivity (Wildman–Crippen MR) is 74.8 cm³/mol. The van der Waals surface area contributed by atoms with E-state index in [4.69, 9.17) is 5.11 Å². The summed E-state index contributed by atoms with van der Waals surface area (Å²) in [4.78, 5) is 24.7. The normalized spacial score (nSPS) is 25.2. The van der Waals surface area contributed by atoms with Crippen LogP contribution in [0.15, 0.2) is 18.2 Å². The van der Waals surface area contributed by atoms with Crippen LogP contribution < -0.4 is 4.90 Å². The molecule has 0 aliphatic carbocycles. The van der Waals surface area contributed by atoms with Gasteiger partial charge in [0, 0.05) is 24.4 Å². The van der Waals surface area contributed by atoms with Crippen molar-refractivity contribution in [2.75, 3.05) is 4.90 Å². The molecule has 108 valence electrons. The Morgan fingerprint density at radius 3 is 2.60 bits per heavy atom. The van der Waals surface area contributed by atoms with E-state index in [2.05, 4.69) is 0 Å². The summed E-state index contributed by atoms with van der Waals surface area (Å²) in [6, 6.07) is 4.52. The molecular weight excluding hydrogens is 258 g/mol. The molecule has 0 fully saturated rings. The highest BCUT2D eigenvalue weighted by atomic mass is 16.4. The number of fused-ring (bicyclic) bond motifs is 1. The molecule has 20 heavy (non-hydrogen) atoms. The number of aliphatic hydroxyl groups excluding tert-OH is 1. The van der Waals surface area contributed by atoms with Gasteiger partial charge in [-0.3, -0.25) is 4.79 Å². The highest BCUT2D eigenvalue weighted by Crippen LogP contribution is 2.44. The Morgan fingerprint density at radius 2 is 2.10 bits per heavy atom. The van der Waals surface area contributed by atoms with Crippen molar-refractivity contribution in [3.8, 4) is 0 Å². The summed E-state index contributed by atoms with van der Waals surface area (Å²) in [6.07, 6.45) is 0.355. The van der Waals surface area contributed by atoms with Crippen molar-refractivity contribution in [3.05, 3.63) is 29.3 Å². The number of aliphatic hydroxyl groups is 1. The highest BCUT2D eigenvalue weighted by molar-refractivity contribution is 5.96. The maximum Gasteiger partial charge on any atom is 0.335 e. The van der Waals surface area contributed by atoms with Crippen LogP contribution in [0.25, 0.3) is 0 Å². The van der Waals surface area contributed by atoms with Gasteiger partial charge in [0.2, 0.25) is 5.91 Å². The average molecular weight is 277 g/mol. The molecule has 1 aliphatic rings. The zero-order chi connectivity index (χ0) is 15.1. The van der Waals surface area contributed by atoms with Gasteiger partial charge in [-0.25, -0.2) is 4.79 Å². The number of aromatic carboxylic acids is 1. The van der Waals surface area contributed by atoms with Gasteiger partial charge in [0.1, 0.15) is 0 Å². The lowest BCUT2D eigenvalue weighted by molar-refractivity contribution is -0.118. The van der Waals surface area contributed by atoms with E-state index in [0.717, 1.165) is 0 Å². The summed E-state index contributed by atoms with van der Waals surface area (Å²) >= 11 is 0. The third-order valence-corrected chi connectivity index (χ3v) is 4.12. The summed E-state index contributed by atoms with van der Waals surface area (Å²) in [5, 5.41) is 19.3. The SMILES string of the molecule is CC[C@@]1(C)C[C@@H](O)c2cc(C(=O)O)ccc2N1C(C)=O.